The molecule has 0 heterocycles. The lowest BCUT2D eigenvalue weighted by Gasteiger charge is -2.33. The van der Waals surface area contributed by atoms with E-state index in [0.29, 0.717) is 5.56 Å². The van der Waals surface area contributed by atoms with Crippen molar-refractivity contribution in [1.29, 1.82) is 0 Å². The highest BCUT2D eigenvalue weighted by molar-refractivity contribution is 7.92. The van der Waals surface area contributed by atoms with Crippen LogP contribution in [0, 0.1) is 11.6 Å². The van der Waals surface area contributed by atoms with Crippen LogP contribution in [0.3, 0.4) is 0 Å². The normalized spacial score (nSPS) is 15.2. The fraction of sp³-hybridized carbons (Fsp3) is 0.440. The fourth-order valence-electron chi connectivity index (χ4n) is 4.19. The highest BCUT2D eigenvalue weighted by Gasteiger charge is 2.31. The Morgan fingerprint density at radius 1 is 1.08 bits per heavy atom. The number of sulfonamides is 1. The number of anilines is 1. The monoisotopic (exact) mass is 541 g/mol. The first-order chi connectivity index (χ1) is 17.0. The van der Waals surface area contributed by atoms with E-state index in [-0.39, 0.29) is 29.2 Å². The van der Waals surface area contributed by atoms with Crippen molar-refractivity contribution in [2.75, 3.05) is 17.1 Å². The first-order valence-corrected chi connectivity index (χ1v) is 14.0. The molecule has 2 aromatic rings. The Hall–Kier alpha value is -2.72. The second-order valence-electron chi connectivity index (χ2n) is 9.04. The van der Waals surface area contributed by atoms with Crippen LogP contribution in [0.2, 0.25) is 5.02 Å². The topological polar surface area (TPSA) is 86.8 Å². The minimum absolute atomic E-state index is 0.0123. The SMILES string of the molecule is C[C@H](C(=O)NC1CCCCC1)N(Cc1ccc(F)cc1)C(=O)CN(c1ccc(F)c(Cl)c1)S(C)(=O)=O. The first-order valence-electron chi connectivity index (χ1n) is 11.7. The van der Waals surface area contributed by atoms with Gasteiger partial charge in [0.2, 0.25) is 21.8 Å². The molecule has 0 radical (unpaired) electrons. The molecule has 0 saturated heterocycles. The largest absolute Gasteiger partial charge is 0.352 e. The molecule has 0 spiro atoms. The lowest BCUT2D eigenvalue weighted by atomic mass is 9.95. The maximum Gasteiger partial charge on any atom is 0.244 e. The minimum Gasteiger partial charge on any atom is -0.352 e. The molecule has 1 fully saturated rings. The fourth-order valence-corrected chi connectivity index (χ4v) is 5.21. The summed E-state index contributed by atoms with van der Waals surface area (Å²) in [5, 5.41) is 2.70. The molecular formula is C25H30ClF2N3O4S. The highest BCUT2D eigenvalue weighted by Crippen LogP contribution is 2.25. The lowest BCUT2D eigenvalue weighted by Crippen LogP contribution is -2.52. The summed E-state index contributed by atoms with van der Waals surface area (Å²) >= 11 is 5.84. The van der Waals surface area contributed by atoms with Gasteiger partial charge in [0.05, 0.1) is 17.0 Å². The van der Waals surface area contributed by atoms with Crippen LogP contribution in [0.1, 0.15) is 44.6 Å². The van der Waals surface area contributed by atoms with Crippen LogP contribution in [0.4, 0.5) is 14.5 Å². The van der Waals surface area contributed by atoms with Crippen molar-refractivity contribution in [3.63, 3.8) is 0 Å². The molecule has 2 amide bonds. The molecule has 0 aliphatic heterocycles. The number of hydrogen-bond acceptors (Lipinski definition) is 4. The summed E-state index contributed by atoms with van der Waals surface area (Å²) in [7, 11) is -3.97. The van der Waals surface area contributed by atoms with E-state index in [1.54, 1.807) is 6.92 Å². The first kappa shape index (κ1) is 27.9. The molecule has 1 atom stereocenters. The molecule has 0 aromatic heterocycles. The zero-order valence-corrected chi connectivity index (χ0v) is 21.8. The molecule has 1 aliphatic carbocycles. The standard InChI is InChI=1S/C25H30ClF2N3O4S/c1-17(25(33)29-20-6-4-3-5-7-20)30(15-18-8-10-19(27)11-9-18)24(32)16-31(36(2,34)35)21-12-13-23(28)22(26)14-21/h8-14,17,20H,3-7,15-16H2,1-2H3,(H,29,33)/t17-/m1/s1. The second kappa shape index (κ2) is 12.0. The number of hydrogen-bond donors (Lipinski definition) is 1. The van der Waals surface area contributed by atoms with E-state index in [0.717, 1.165) is 54.8 Å². The highest BCUT2D eigenvalue weighted by atomic mass is 35.5. The molecule has 1 aliphatic rings. The van der Waals surface area contributed by atoms with Gasteiger partial charge in [-0.25, -0.2) is 17.2 Å². The molecule has 0 unspecified atom stereocenters. The lowest BCUT2D eigenvalue weighted by molar-refractivity contribution is -0.139. The van der Waals surface area contributed by atoms with Gasteiger partial charge in [0.15, 0.2) is 0 Å². The van der Waals surface area contributed by atoms with E-state index in [9.17, 15) is 26.8 Å². The molecule has 0 bridgehead atoms. The van der Waals surface area contributed by atoms with Gasteiger partial charge in [0.25, 0.3) is 0 Å². The Morgan fingerprint density at radius 2 is 1.72 bits per heavy atom. The number of halogens is 3. The number of nitrogens with zero attached hydrogens (tertiary/aromatic N) is 2. The van der Waals surface area contributed by atoms with Gasteiger partial charge in [0, 0.05) is 12.6 Å². The molecule has 7 nitrogen and oxygen atoms in total. The number of nitrogens with one attached hydrogen (secondary N) is 1. The maximum atomic E-state index is 13.7. The summed E-state index contributed by atoms with van der Waals surface area (Å²) in [4.78, 5) is 27.8. The zero-order valence-electron chi connectivity index (χ0n) is 20.2. The van der Waals surface area contributed by atoms with Gasteiger partial charge in [0.1, 0.15) is 24.2 Å². The quantitative estimate of drug-likeness (QED) is 0.514. The van der Waals surface area contributed by atoms with Crippen molar-refractivity contribution in [3.05, 3.63) is 64.7 Å². The van der Waals surface area contributed by atoms with Crippen molar-refractivity contribution < 1.29 is 26.8 Å². The van der Waals surface area contributed by atoms with Crippen LogP contribution in [-0.4, -0.2) is 50.0 Å². The number of benzene rings is 2. The van der Waals surface area contributed by atoms with E-state index in [2.05, 4.69) is 5.32 Å². The number of rotatable bonds is 9. The van der Waals surface area contributed by atoms with Gasteiger partial charge in [-0.15, -0.1) is 0 Å². The van der Waals surface area contributed by atoms with Crippen molar-refractivity contribution in [3.8, 4) is 0 Å². The third-order valence-corrected chi connectivity index (χ3v) is 7.69. The van der Waals surface area contributed by atoms with E-state index < -0.39 is 40.2 Å². The van der Waals surface area contributed by atoms with Gasteiger partial charge in [-0.2, -0.15) is 0 Å². The maximum absolute atomic E-state index is 13.7. The molecule has 3 rings (SSSR count). The molecule has 2 aromatic carbocycles. The predicted octanol–water partition coefficient (Wildman–Crippen LogP) is 4.25. The Morgan fingerprint density at radius 3 is 2.31 bits per heavy atom. The Labute approximate surface area is 215 Å². The Balaban J connectivity index is 1.87. The van der Waals surface area contributed by atoms with Crippen LogP contribution in [0.25, 0.3) is 0 Å². The number of carbonyl (C=O) groups is 2. The molecule has 1 saturated carbocycles. The summed E-state index contributed by atoms with van der Waals surface area (Å²) < 4.78 is 53.0. The third-order valence-electron chi connectivity index (χ3n) is 6.26. The molecule has 196 valence electrons. The van der Waals surface area contributed by atoms with Crippen molar-refractivity contribution in [2.24, 2.45) is 0 Å². The zero-order chi connectivity index (χ0) is 26.5. The van der Waals surface area contributed by atoms with Crippen molar-refractivity contribution in [1.82, 2.24) is 10.2 Å². The minimum atomic E-state index is -3.97. The summed E-state index contributed by atoms with van der Waals surface area (Å²) in [6, 6.07) is 7.91. The van der Waals surface area contributed by atoms with Crippen LogP contribution in [0.5, 0.6) is 0 Å². The van der Waals surface area contributed by atoms with E-state index in [4.69, 9.17) is 11.6 Å². The smallest absolute Gasteiger partial charge is 0.244 e. The van der Waals surface area contributed by atoms with Crippen LogP contribution in [-0.2, 0) is 26.2 Å². The summed E-state index contributed by atoms with van der Waals surface area (Å²) in [6.45, 7) is 0.891. The van der Waals surface area contributed by atoms with Gasteiger partial charge in [-0.05, 0) is 55.7 Å². The average molecular weight is 542 g/mol. The Kier molecular flexibility index (Phi) is 9.30. The van der Waals surface area contributed by atoms with Crippen LogP contribution >= 0.6 is 11.6 Å². The van der Waals surface area contributed by atoms with Gasteiger partial charge in [-0.1, -0.05) is 43.0 Å². The van der Waals surface area contributed by atoms with Gasteiger partial charge in [-0.3, -0.25) is 13.9 Å². The van der Waals surface area contributed by atoms with E-state index in [1.807, 2.05) is 0 Å². The van der Waals surface area contributed by atoms with E-state index in [1.165, 1.54) is 35.2 Å². The average Bonchev–Trinajstić information content (AvgIpc) is 2.83. The molecule has 11 heteroatoms. The third kappa shape index (κ3) is 7.39. The number of amides is 2. The van der Waals surface area contributed by atoms with Crippen LogP contribution in [0.15, 0.2) is 42.5 Å². The predicted molar refractivity (Wildman–Crippen MR) is 135 cm³/mol. The summed E-state index contributed by atoms with van der Waals surface area (Å²) in [5.74, 6) is -2.19. The second-order valence-corrected chi connectivity index (χ2v) is 11.3. The van der Waals surface area contributed by atoms with Crippen LogP contribution < -0.4 is 9.62 Å². The molecule has 36 heavy (non-hydrogen) atoms. The molecular weight excluding hydrogens is 512 g/mol. The van der Waals surface area contributed by atoms with E-state index >= 15 is 0 Å². The van der Waals surface area contributed by atoms with Gasteiger partial charge < -0.3 is 10.2 Å². The van der Waals surface area contributed by atoms with Crippen molar-refractivity contribution in [2.45, 2.75) is 57.7 Å². The molecule has 1 N–H and O–H groups in total. The summed E-state index contributed by atoms with van der Waals surface area (Å²) in [5.41, 5.74) is 0.580. The van der Waals surface area contributed by atoms with Crippen molar-refractivity contribution >= 4 is 39.1 Å². The Bertz CT molecular complexity index is 1190. The van der Waals surface area contributed by atoms with Gasteiger partial charge >= 0.3 is 0 Å². The summed E-state index contributed by atoms with van der Waals surface area (Å²) in [6.07, 6.45) is 5.78. The number of carbonyl (C=O) groups excluding carboxylic acids is 2.